The van der Waals surface area contributed by atoms with Gasteiger partial charge in [-0.05, 0) is 61.5 Å². The number of hydrazone groups is 1. The van der Waals surface area contributed by atoms with Crippen molar-refractivity contribution in [3.63, 3.8) is 0 Å². The molecule has 2 amide bonds. The van der Waals surface area contributed by atoms with E-state index in [1.807, 2.05) is 0 Å². The Morgan fingerprint density at radius 1 is 0.914 bits per heavy atom. The summed E-state index contributed by atoms with van der Waals surface area (Å²) in [5, 5.41) is 6.39. The van der Waals surface area contributed by atoms with Crippen LogP contribution in [0.4, 0.5) is 18.9 Å². The molecule has 7 nitrogen and oxygen atoms in total. The maximum Gasteiger partial charge on any atom is 0.416 e. The molecule has 3 aromatic rings. The molecule has 3 rings (SSSR count). The van der Waals surface area contributed by atoms with E-state index in [-0.39, 0.29) is 22.7 Å². The second-order valence-electron chi connectivity index (χ2n) is 7.06. The number of nitrogens with zero attached hydrogens (tertiary/aromatic N) is 1. The molecule has 0 bridgehead atoms. The van der Waals surface area contributed by atoms with Gasteiger partial charge in [0, 0.05) is 16.3 Å². The van der Waals surface area contributed by atoms with Crippen molar-refractivity contribution in [2.75, 3.05) is 5.32 Å². The van der Waals surface area contributed by atoms with E-state index in [2.05, 4.69) is 15.8 Å². The predicted molar refractivity (Wildman–Crippen MR) is 123 cm³/mol. The van der Waals surface area contributed by atoms with E-state index < -0.39 is 29.5 Å². The predicted octanol–water partition coefficient (Wildman–Crippen LogP) is 5.06. The minimum atomic E-state index is -4.52. The Labute approximate surface area is 202 Å². The Hall–Kier alpha value is -4.18. The van der Waals surface area contributed by atoms with E-state index in [1.54, 1.807) is 30.3 Å². The highest BCUT2D eigenvalue weighted by atomic mass is 35.5. The van der Waals surface area contributed by atoms with E-state index in [0.717, 1.165) is 24.3 Å². The second-order valence-corrected chi connectivity index (χ2v) is 7.50. The van der Waals surface area contributed by atoms with Gasteiger partial charge in [0.2, 0.25) is 0 Å². The number of hydrogen-bond acceptors (Lipinski definition) is 5. The molecule has 0 atom stereocenters. The first-order valence-corrected chi connectivity index (χ1v) is 10.3. The lowest BCUT2D eigenvalue weighted by atomic mass is 10.1. The summed E-state index contributed by atoms with van der Waals surface area (Å²) in [7, 11) is 0. The minimum absolute atomic E-state index is 0.00266. The van der Waals surface area contributed by atoms with Crippen molar-refractivity contribution in [2.24, 2.45) is 5.10 Å². The third-order valence-corrected chi connectivity index (χ3v) is 4.78. The molecule has 0 heterocycles. The monoisotopic (exact) mass is 503 g/mol. The topological polar surface area (TPSA) is 96.9 Å². The molecule has 0 aliphatic carbocycles. The molecule has 0 aliphatic rings. The van der Waals surface area contributed by atoms with Crippen molar-refractivity contribution in [2.45, 2.75) is 13.1 Å². The molecule has 0 radical (unpaired) electrons. The normalized spacial score (nSPS) is 11.5. The van der Waals surface area contributed by atoms with Crippen molar-refractivity contribution in [1.29, 1.82) is 0 Å². The number of benzene rings is 3. The number of ether oxygens (including phenoxy) is 1. The number of esters is 1. The van der Waals surface area contributed by atoms with Crippen LogP contribution in [-0.2, 0) is 15.8 Å². The molecule has 2 N–H and O–H groups in total. The van der Waals surface area contributed by atoms with Gasteiger partial charge >= 0.3 is 24.0 Å². The van der Waals surface area contributed by atoms with Gasteiger partial charge in [0.25, 0.3) is 0 Å². The number of halogens is 4. The summed E-state index contributed by atoms with van der Waals surface area (Å²) in [5.74, 6) is -2.80. The van der Waals surface area contributed by atoms with Crippen LogP contribution in [0.5, 0.6) is 5.75 Å². The Morgan fingerprint density at radius 2 is 1.60 bits per heavy atom. The highest BCUT2D eigenvalue weighted by Gasteiger charge is 2.30. The van der Waals surface area contributed by atoms with Gasteiger partial charge in [0.15, 0.2) is 0 Å². The molecular formula is C24H17ClF3N3O4. The SMILES string of the molecule is CC(=NNC(=O)C(=O)Nc1ccc(C(F)(F)F)cc1)c1ccccc1OC(=O)c1cccc(Cl)c1. The van der Waals surface area contributed by atoms with Crippen LogP contribution in [0.15, 0.2) is 77.9 Å². The number of anilines is 1. The maximum atomic E-state index is 12.6. The van der Waals surface area contributed by atoms with Gasteiger partial charge in [0.05, 0.1) is 16.8 Å². The number of para-hydroxylation sites is 1. The summed E-state index contributed by atoms with van der Waals surface area (Å²) in [5.41, 5.74) is 1.98. The quantitative estimate of drug-likeness (QED) is 0.167. The third kappa shape index (κ3) is 6.90. The lowest BCUT2D eigenvalue weighted by molar-refractivity contribution is -0.137. The number of alkyl halides is 3. The van der Waals surface area contributed by atoms with E-state index in [9.17, 15) is 27.6 Å². The van der Waals surface area contributed by atoms with Crippen LogP contribution in [0, 0.1) is 0 Å². The van der Waals surface area contributed by atoms with Gasteiger partial charge in [-0.3, -0.25) is 9.59 Å². The van der Waals surface area contributed by atoms with E-state index in [1.165, 1.54) is 25.1 Å². The summed E-state index contributed by atoms with van der Waals surface area (Å²) < 4.78 is 43.3. The Bertz CT molecular complexity index is 1290. The molecular weight excluding hydrogens is 487 g/mol. The van der Waals surface area contributed by atoms with Crippen LogP contribution in [0.2, 0.25) is 5.02 Å². The number of rotatable bonds is 5. The first kappa shape index (κ1) is 25.4. The molecule has 0 saturated carbocycles. The smallest absolute Gasteiger partial charge is 0.416 e. The number of hydrogen-bond donors (Lipinski definition) is 2. The van der Waals surface area contributed by atoms with Crippen LogP contribution >= 0.6 is 11.6 Å². The van der Waals surface area contributed by atoms with Crippen LogP contribution in [0.25, 0.3) is 0 Å². The van der Waals surface area contributed by atoms with Gasteiger partial charge in [-0.2, -0.15) is 18.3 Å². The molecule has 0 aromatic heterocycles. The Kier molecular flexibility index (Phi) is 7.87. The number of amides is 2. The number of carbonyl (C=O) groups is 3. The van der Waals surface area contributed by atoms with E-state index >= 15 is 0 Å². The molecule has 35 heavy (non-hydrogen) atoms. The third-order valence-electron chi connectivity index (χ3n) is 4.54. The average Bonchev–Trinajstić information content (AvgIpc) is 2.82. The zero-order valence-electron chi connectivity index (χ0n) is 18.0. The summed E-state index contributed by atoms with van der Waals surface area (Å²) >= 11 is 5.90. The first-order chi connectivity index (χ1) is 16.5. The first-order valence-electron chi connectivity index (χ1n) is 9.94. The van der Waals surface area contributed by atoms with Crippen molar-refractivity contribution in [1.82, 2.24) is 5.43 Å². The zero-order chi connectivity index (χ0) is 25.6. The average molecular weight is 504 g/mol. The second kappa shape index (κ2) is 10.8. The molecule has 0 spiro atoms. The molecule has 0 saturated heterocycles. The van der Waals surface area contributed by atoms with Crippen LogP contribution in [0.3, 0.4) is 0 Å². The van der Waals surface area contributed by atoms with Crippen molar-refractivity contribution >= 4 is 40.8 Å². The standard InChI is InChI=1S/C24H17ClF3N3O4/c1-14(19-7-2-3-8-20(19)35-23(34)15-5-4-6-17(25)13-15)30-31-22(33)21(32)29-18-11-9-16(10-12-18)24(26,27)28/h2-13H,1H3,(H,29,32)(H,31,33). The number of carbonyl (C=O) groups excluding carboxylic acids is 3. The molecule has 0 aliphatic heterocycles. The molecule has 0 unspecified atom stereocenters. The molecule has 3 aromatic carbocycles. The fourth-order valence-corrected chi connectivity index (χ4v) is 3.00. The Morgan fingerprint density at radius 3 is 2.26 bits per heavy atom. The van der Waals surface area contributed by atoms with Gasteiger partial charge in [-0.25, -0.2) is 10.2 Å². The van der Waals surface area contributed by atoms with Gasteiger partial charge in [0.1, 0.15) is 5.75 Å². The van der Waals surface area contributed by atoms with Crippen molar-refractivity contribution in [3.05, 3.63) is 94.5 Å². The number of nitrogens with one attached hydrogen (secondary N) is 2. The molecule has 0 fully saturated rings. The highest BCUT2D eigenvalue weighted by Crippen LogP contribution is 2.29. The van der Waals surface area contributed by atoms with E-state index in [4.69, 9.17) is 16.3 Å². The van der Waals surface area contributed by atoms with Crippen LogP contribution in [0.1, 0.15) is 28.4 Å². The van der Waals surface area contributed by atoms with Crippen LogP contribution < -0.4 is 15.5 Å². The minimum Gasteiger partial charge on any atom is -0.422 e. The van der Waals surface area contributed by atoms with Gasteiger partial charge in [-0.15, -0.1) is 0 Å². The maximum absolute atomic E-state index is 12.6. The highest BCUT2D eigenvalue weighted by molar-refractivity contribution is 6.39. The molecule has 180 valence electrons. The fourth-order valence-electron chi connectivity index (χ4n) is 2.80. The van der Waals surface area contributed by atoms with Crippen molar-refractivity contribution < 1.29 is 32.3 Å². The zero-order valence-corrected chi connectivity index (χ0v) is 18.8. The lowest BCUT2D eigenvalue weighted by Crippen LogP contribution is -2.33. The summed E-state index contributed by atoms with van der Waals surface area (Å²) in [6, 6.07) is 16.2. The summed E-state index contributed by atoms with van der Waals surface area (Å²) in [6.07, 6.45) is -4.52. The molecule has 11 heteroatoms. The fraction of sp³-hybridized carbons (Fsp3) is 0.0833. The van der Waals surface area contributed by atoms with Crippen molar-refractivity contribution in [3.8, 4) is 5.75 Å². The lowest BCUT2D eigenvalue weighted by Gasteiger charge is -2.10. The summed E-state index contributed by atoms with van der Waals surface area (Å²) in [6.45, 7) is 1.51. The largest absolute Gasteiger partial charge is 0.422 e. The van der Waals surface area contributed by atoms with Gasteiger partial charge < -0.3 is 10.1 Å². The Balaban J connectivity index is 1.66. The van der Waals surface area contributed by atoms with Crippen LogP contribution in [-0.4, -0.2) is 23.5 Å². The van der Waals surface area contributed by atoms with Gasteiger partial charge in [-0.1, -0.05) is 29.8 Å². The van der Waals surface area contributed by atoms with E-state index in [0.29, 0.717) is 10.6 Å². The summed E-state index contributed by atoms with van der Waals surface area (Å²) in [4.78, 5) is 36.6.